The van der Waals surface area contributed by atoms with Crippen molar-refractivity contribution in [2.24, 2.45) is 0 Å². The quantitative estimate of drug-likeness (QED) is 0.477. The Bertz CT molecular complexity index is 1310. The number of nitrogens with zero attached hydrogens (tertiary/aromatic N) is 4. The minimum Gasteiger partial charge on any atom is -0.497 e. The molecule has 0 bridgehead atoms. The van der Waals surface area contributed by atoms with E-state index in [2.05, 4.69) is 5.32 Å². The molecule has 13 heteroatoms. The lowest BCUT2D eigenvalue weighted by molar-refractivity contribution is -0.187. The summed E-state index contributed by atoms with van der Waals surface area (Å²) in [6, 6.07) is 5.80. The van der Waals surface area contributed by atoms with Crippen molar-refractivity contribution in [3.63, 3.8) is 0 Å². The molecule has 0 saturated carbocycles. The van der Waals surface area contributed by atoms with Crippen LogP contribution in [0.2, 0.25) is 0 Å². The molecule has 2 atom stereocenters. The summed E-state index contributed by atoms with van der Waals surface area (Å²) in [7, 11) is 3.21. The Kier molecular flexibility index (Phi) is 8.15. The molecule has 1 unspecified atom stereocenters. The van der Waals surface area contributed by atoms with Gasteiger partial charge in [-0.1, -0.05) is 24.3 Å². The number of methoxy groups -OCH3 is 1. The number of fused-ring (bicyclic) bond motifs is 1. The first-order chi connectivity index (χ1) is 19.7. The number of carboxylic acid groups (broad SMARTS) is 1. The average molecular weight is 568 g/mol. The second-order valence-corrected chi connectivity index (χ2v) is 10.1. The van der Waals surface area contributed by atoms with Crippen LogP contribution >= 0.6 is 0 Å². The van der Waals surface area contributed by atoms with Gasteiger partial charge in [0, 0.05) is 33.0 Å². The molecule has 4 amide bonds. The van der Waals surface area contributed by atoms with Crippen molar-refractivity contribution in [2.75, 3.05) is 40.6 Å². The molecule has 5 rings (SSSR count). The van der Waals surface area contributed by atoms with Crippen LogP contribution < -0.4 is 10.1 Å². The molecule has 2 N–H and O–H groups in total. The Morgan fingerprint density at radius 3 is 2.68 bits per heavy atom. The minimum absolute atomic E-state index is 0.0445. The molecule has 0 radical (unpaired) electrons. The number of carbonyl (C=O) groups is 4. The highest BCUT2D eigenvalue weighted by Gasteiger charge is 2.50. The Hall–Kier alpha value is -4.52. The van der Waals surface area contributed by atoms with Gasteiger partial charge in [0.2, 0.25) is 18.6 Å². The van der Waals surface area contributed by atoms with Gasteiger partial charge in [-0.3, -0.25) is 14.4 Å². The van der Waals surface area contributed by atoms with Crippen LogP contribution in [0.15, 0.2) is 59.6 Å². The molecule has 0 aromatic heterocycles. The van der Waals surface area contributed by atoms with Gasteiger partial charge in [-0.25, -0.2) is 14.8 Å². The van der Waals surface area contributed by atoms with Crippen LogP contribution in [-0.2, 0) is 30.4 Å². The highest BCUT2D eigenvalue weighted by atomic mass is 16.7. The molecule has 218 valence electrons. The number of piperazine rings is 1. The highest BCUT2D eigenvalue weighted by molar-refractivity contribution is 5.92. The van der Waals surface area contributed by atoms with Crippen molar-refractivity contribution in [2.45, 2.75) is 38.0 Å². The van der Waals surface area contributed by atoms with E-state index < -0.39 is 24.2 Å². The lowest BCUT2D eigenvalue weighted by Gasteiger charge is -2.54. The van der Waals surface area contributed by atoms with Crippen LogP contribution in [0.25, 0.3) is 0 Å². The summed E-state index contributed by atoms with van der Waals surface area (Å²) >= 11 is 0. The number of likely N-dealkylation sites (N-methyl/N-ethyl adjacent to an activating group) is 1. The molecular formula is C28H33N5O8. The summed E-state index contributed by atoms with van der Waals surface area (Å²) in [6.45, 7) is 0.460. The summed E-state index contributed by atoms with van der Waals surface area (Å²) in [5.41, 5.74) is 1.63. The second kappa shape index (κ2) is 11.9. The van der Waals surface area contributed by atoms with E-state index in [-0.39, 0.29) is 57.6 Å². The molecule has 13 nitrogen and oxygen atoms in total. The topological polar surface area (TPSA) is 141 Å². The van der Waals surface area contributed by atoms with Gasteiger partial charge in [-0.15, -0.1) is 0 Å². The van der Waals surface area contributed by atoms with Crippen LogP contribution in [0.3, 0.4) is 0 Å². The standard InChI is InChI=1S/C28H33N5O8/c1-30-16-25(34)32-21(10-11-26(35)36)27(37)31(14-19-4-3-5-22-23(12-19)41-17-40-22)15-24(32)33(30)28(38)29-13-18-6-8-20(39-2)9-7-18/h3-4,6-9,12,21,24H,5,10-11,13-17H2,1-2H3,(H,29,38)(H,35,36)/t21?,24-/m0/s1. The van der Waals surface area contributed by atoms with Crippen molar-refractivity contribution >= 4 is 23.8 Å². The smallest absolute Gasteiger partial charge is 0.334 e. The fourth-order valence-corrected chi connectivity index (χ4v) is 5.44. The number of urea groups is 1. The number of amides is 4. The van der Waals surface area contributed by atoms with E-state index in [9.17, 15) is 24.3 Å². The van der Waals surface area contributed by atoms with E-state index >= 15 is 0 Å². The number of ether oxygens (including phenoxy) is 3. The van der Waals surface area contributed by atoms with E-state index in [0.29, 0.717) is 23.7 Å². The molecule has 1 aliphatic carbocycles. The number of hydrazine groups is 1. The van der Waals surface area contributed by atoms with E-state index in [4.69, 9.17) is 14.2 Å². The van der Waals surface area contributed by atoms with E-state index in [0.717, 1.165) is 11.1 Å². The molecule has 3 aliphatic heterocycles. The molecule has 4 aliphatic rings. The number of carbonyl (C=O) groups excluding carboxylic acids is 3. The summed E-state index contributed by atoms with van der Waals surface area (Å²) < 4.78 is 16.2. The van der Waals surface area contributed by atoms with Crippen LogP contribution in [0, 0.1) is 0 Å². The molecule has 41 heavy (non-hydrogen) atoms. The van der Waals surface area contributed by atoms with Crippen LogP contribution in [0.1, 0.15) is 24.8 Å². The third-order valence-electron chi connectivity index (χ3n) is 7.43. The number of aliphatic carboxylic acids is 1. The van der Waals surface area contributed by atoms with E-state index in [1.807, 2.05) is 30.4 Å². The van der Waals surface area contributed by atoms with Gasteiger partial charge in [-0.2, -0.15) is 0 Å². The lowest BCUT2D eigenvalue weighted by Crippen LogP contribution is -2.76. The molecule has 0 spiro atoms. The Balaban J connectivity index is 1.39. The van der Waals surface area contributed by atoms with Gasteiger partial charge in [0.25, 0.3) is 0 Å². The Labute approximate surface area is 237 Å². The fraction of sp³-hybridized carbons (Fsp3) is 0.429. The molecular weight excluding hydrogens is 534 g/mol. The summed E-state index contributed by atoms with van der Waals surface area (Å²) in [6.07, 6.45) is 4.97. The van der Waals surface area contributed by atoms with Crippen LogP contribution in [-0.4, -0.2) is 102 Å². The first-order valence-corrected chi connectivity index (χ1v) is 13.3. The highest BCUT2D eigenvalue weighted by Crippen LogP contribution is 2.30. The van der Waals surface area contributed by atoms with Crippen LogP contribution in [0.5, 0.6) is 5.75 Å². The third-order valence-corrected chi connectivity index (χ3v) is 7.43. The number of hydrogen-bond donors (Lipinski definition) is 2. The van der Waals surface area contributed by atoms with Crippen molar-refractivity contribution < 1.29 is 38.5 Å². The van der Waals surface area contributed by atoms with E-state index in [1.165, 1.54) is 14.9 Å². The Morgan fingerprint density at radius 1 is 1.17 bits per heavy atom. The summed E-state index contributed by atoms with van der Waals surface area (Å²) in [5, 5.41) is 15.2. The van der Waals surface area contributed by atoms with Gasteiger partial charge in [0.05, 0.1) is 20.2 Å². The zero-order chi connectivity index (χ0) is 29.1. The average Bonchev–Trinajstić information content (AvgIpc) is 3.29. The van der Waals surface area contributed by atoms with Gasteiger partial charge in [0.1, 0.15) is 23.7 Å². The number of hydrogen-bond acceptors (Lipinski definition) is 8. The van der Waals surface area contributed by atoms with Crippen molar-refractivity contribution in [3.05, 3.63) is 65.1 Å². The van der Waals surface area contributed by atoms with Gasteiger partial charge < -0.3 is 34.4 Å². The Morgan fingerprint density at radius 2 is 1.95 bits per heavy atom. The number of benzene rings is 1. The maximum atomic E-state index is 13.7. The van der Waals surface area contributed by atoms with Gasteiger partial charge in [-0.05, 0) is 35.8 Å². The number of nitrogens with one attached hydrogen (secondary N) is 1. The minimum atomic E-state index is -1.07. The van der Waals surface area contributed by atoms with Gasteiger partial charge in [0.15, 0.2) is 5.76 Å². The SMILES string of the molecule is COc1ccc(CNC(=O)N2[C@H]3CN(CC4=CC5=C(CC=C4)OCO5)C(=O)C(CCC(=O)O)N3C(=O)CN2C)cc1. The molecule has 2 saturated heterocycles. The predicted octanol–water partition coefficient (Wildman–Crippen LogP) is 1.40. The normalized spacial score (nSPS) is 22.4. The molecule has 2 fully saturated rings. The maximum absolute atomic E-state index is 13.7. The van der Waals surface area contributed by atoms with Crippen molar-refractivity contribution in [1.82, 2.24) is 25.1 Å². The maximum Gasteiger partial charge on any atom is 0.334 e. The number of carboxylic acids is 1. The molecule has 1 aromatic carbocycles. The second-order valence-electron chi connectivity index (χ2n) is 10.1. The zero-order valence-electron chi connectivity index (χ0n) is 22.9. The van der Waals surface area contributed by atoms with Crippen LogP contribution in [0.4, 0.5) is 4.79 Å². The van der Waals surface area contributed by atoms with Gasteiger partial charge >= 0.3 is 12.0 Å². The number of allylic oxidation sites excluding steroid dienone is 2. The largest absolute Gasteiger partial charge is 0.497 e. The molecule has 3 heterocycles. The lowest BCUT2D eigenvalue weighted by atomic mass is 10.0. The van der Waals surface area contributed by atoms with E-state index in [1.54, 1.807) is 31.2 Å². The zero-order valence-corrected chi connectivity index (χ0v) is 22.9. The molecule has 1 aromatic rings. The monoisotopic (exact) mass is 567 g/mol. The third kappa shape index (κ3) is 5.99. The first-order valence-electron chi connectivity index (χ1n) is 13.3. The summed E-state index contributed by atoms with van der Waals surface area (Å²) in [4.78, 5) is 54.9. The fourth-order valence-electron chi connectivity index (χ4n) is 5.44. The summed E-state index contributed by atoms with van der Waals surface area (Å²) in [5.74, 6) is 0.226. The number of rotatable bonds is 8. The van der Waals surface area contributed by atoms with Crippen molar-refractivity contribution in [1.29, 1.82) is 0 Å². The first kappa shape index (κ1) is 28.0. The predicted molar refractivity (Wildman–Crippen MR) is 143 cm³/mol. The van der Waals surface area contributed by atoms with Crippen molar-refractivity contribution in [3.8, 4) is 5.75 Å².